The minimum Gasteiger partial charge on any atom is -0.490 e. The Labute approximate surface area is 132 Å². The van der Waals surface area contributed by atoms with E-state index >= 15 is 0 Å². The summed E-state index contributed by atoms with van der Waals surface area (Å²) >= 11 is 0. The molecule has 0 spiro atoms. The Hall–Kier alpha value is -1.74. The Morgan fingerprint density at radius 3 is 2.55 bits per heavy atom. The van der Waals surface area contributed by atoms with Gasteiger partial charge in [0, 0.05) is 6.54 Å². The summed E-state index contributed by atoms with van der Waals surface area (Å²) in [5.74, 6) is 2.00. The van der Waals surface area contributed by atoms with Gasteiger partial charge < -0.3 is 9.15 Å². The SMILES string of the molecule is CC(c1ccco1)N(C)Cc1ccc(OC2CCCC2)cc1. The van der Waals surface area contributed by atoms with Crippen LogP contribution in [0.15, 0.2) is 47.1 Å². The van der Waals surface area contributed by atoms with Crippen molar-refractivity contribution in [2.45, 2.75) is 51.3 Å². The molecule has 1 aromatic heterocycles. The molecule has 1 saturated carbocycles. The predicted molar refractivity (Wildman–Crippen MR) is 87.9 cm³/mol. The molecular weight excluding hydrogens is 274 g/mol. The van der Waals surface area contributed by atoms with Gasteiger partial charge in [0.05, 0.1) is 18.4 Å². The smallest absolute Gasteiger partial charge is 0.120 e. The lowest BCUT2D eigenvalue weighted by molar-refractivity contribution is 0.209. The Bertz CT molecular complexity index is 556. The van der Waals surface area contributed by atoms with Crippen LogP contribution < -0.4 is 4.74 Å². The van der Waals surface area contributed by atoms with Gasteiger partial charge >= 0.3 is 0 Å². The van der Waals surface area contributed by atoms with Crippen LogP contribution in [0.5, 0.6) is 5.75 Å². The van der Waals surface area contributed by atoms with E-state index in [0.717, 1.165) is 18.1 Å². The molecule has 0 amide bonds. The average molecular weight is 299 g/mol. The number of nitrogens with zero attached hydrogens (tertiary/aromatic N) is 1. The van der Waals surface area contributed by atoms with Crippen LogP contribution in [0.2, 0.25) is 0 Å². The van der Waals surface area contributed by atoms with Gasteiger partial charge in [-0.2, -0.15) is 0 Å². The maximum absolute atomic E-state index is 6.01. The first-order valence-corrected chi connectivity index (χ1v) is 8.21. The van der Waals surface area contributed by atoms with Crippen molar-refractivity contribution in [3.8, 4) is 5.75 Å². The van der Waals surface area contributed by atoms with Gasteiger partial charge in [-0.25, -0.2) is 0 Å². The molecule has 1 unspecified atom stereocenters. The van der Waals surface area contributed by atoms with Gasteiger partial charge in [-0.15, -0.1) is 0 Å². The number of hydrogen-bond donors (Lipinski definition) is 0. The number of hydrogen-bond acceptors (Lipinski definition) is 3. The summed E-state index contributed by atoms with van der Waals surface area (Å²) in [6.07, 6.45) is 7.16. The zero-order chi connectivity index (χ0) is 15.4. The fourth-order valence-corrected chi connectivity index (χ4v) is 3.04. The average Bonchev–Trinajstić information content (AvgIpc) is 3.21. The molecule has 3 nitrogen and oxygen atoms in total. The zero-order valence-corrected chi connectivity index (χ0v) is 13.5. The van der Waals surface area contributed by atoms with E-state index in [1.54, 1.807) is 6.26 Å². The van der Waals surface area contributed by atoms with Crippen LogP contribution >= 0.6 is 0 Å². The first kappa shape index (κ1) is 15.2. The minimum atomic E-state index is 0.268. The van der Waals surface area contributed by atoms with Crippen molar-refractivity contribution in [3.63, 3.8) is 0 Å². The van der Waals surface area contributed by atoms with Crippen LogP contribution in [0.25, 0.3) is 0 Å². The summed E-state index contributed by atoms with van der Waals surface area (Å²) < 4.78 is 11.5. The molecule has 0 bridgehead atoms. The fourth-order valence-electron chi connectivity index (χ4n) is 3.04. The van der Waals surface area contributed by atoms with Crippen LogP contribution in [-0.4, -0.2) is 18.1 Å². The Morgan fingerprint density at radius 1 is 1.18 bits per heavy atom. The molecule has 1 aliphatic carbocycles. The molecule has 1 heterocycles. The number of benzene rings is 1. The van der Waals surface area contributed by atoms with Crippen LogP contribution in [0.4, 0.5) is 0 Å². The quantitative estimate of drug-likeness (QED) is 0.766. The van der Waals surface area contributed by atoms with Crippen molar-refractivity contribution >= 4 is 0 Å². The number of furan rings is 1. The largest absolute Gasteiger partial charge is 0.490 e. The highest BCUT2D eigenvalue weighted by molar-refractivity contribution is 5.27. The summed E-state index contributed by atoms with van der Waals surface area (Å²) in [5, 5.41) is 0. The highest BCUT2D eigenvalue weighted by Crippen LogP contribution is 2.25. The lowest BCUT2D eigenvalue weighted by atomic mass is 10.1. The summed E-state index contributed by atoms with van der Waals surface area (Å²) in [6, 6.07) is 12.8. The monoisotopic (exact) mass is 299 g/mol. The van der Waals surface area contributed by atoms with Crippen molar-refractivity contribution in [1.82, 2.24) is 4.90 Å². The predicted octanol–water partition coefficient (Wildman–Crippen LogP) is 4.79. The molecule has 3 rings (SSSR count). The van der Waals surface area contributed by atoms with Gasteiger partial charge in [0.15, 0.2) is 0 Å². The van der Waals surface area contributed by atoms with E-state index in [-0.39, 0.29) is 6.04 Å². The Morgan fingerprint density at radius 2 is 1.91 bits per heavy atom. The van der Waals surface area contributed by atoms with Gasteiger partial charge in [0.1, 0.15) is 11.5 Å². The van der Waals surface area contributed by atoms with Gasteiger partial charge in [-0.05, 0) is 69.5 Å². The fraction of sp³-hybridized carbons (Fsp3) is 0.474. The second kappa shape index (κ2) is 7.01. The summed E-state index contributed by atoms with van der Waals surface area (Å²) in [7, 11) is 2.12. The minimum absolute atomic E-state index is 0.268. The van der Waals surface area contributed by atoms with Crippen LogP contribution in [-0.2, 0) is 6.54 Å². The van der Waals surface area contributed by atoms with Crippen molar-refractivity contribution in [2.24, 2.45) is 0 Å². The molecule has 2 aromatic rings. The molecule has 0 radical (unpaired) electrons. The molecule has 0 aliphatic heterocycles. The van der Waals surface area contributed by atoms with Gasteiger partial charge in [0.25, 0.3) is 0 Å². The Balaban J connectivity index is 1.56. The standard InChI is InChI=1S/C19H25NO2/c1-15(19-8-5-13-21-19)20(2)14-16-9-11-18(12-10-16)22-17-6-3-4-7-17/h5,8-13,15,17H,3-4,6-7,14H2,1-2H3. The molecular formula is C19H25NO2. The molecule has 22 heavy (non-hydrogen) atoms. The Kier molecular flexibility index (Phi) is 4.84. The lowest BCUT2D eigenvalue weighted by Crippen LogP contribution is -2.21. The summed E-state index contributed by atoms with van der Waals surface area (Å²) in [4.78, 5) is 2.28. The van der Waals surface area contributed by atoms with E-state index in [1.165, 1.54) is 31.2 Å². The summed E-state index contributed by atoms with van der Waals surface area (Å²) in [5.41, 5.74) is 1.29. The molecule has 1 aliphatic rings. The molecule has 1 aromatic carbocycles. The first-order valence-electron chi connectivity index (χ1n) is 8.21. The maximum atomic E-state index is 6.01. The third kappa shape index (κ3) is 3.72. The normalized spacial score (nSPS) is 17.0. The lowest BCUT2D eigenvalue weighted by Gasteiger charge is -2.23. The third-order valence-electron chi connectivity index (χ3n) is 4.58. The van der Waals surface area contributed by atoms with Crippen LogP contribution in [0.1, 0.15) is 50.0 Å². The van der Waals surface area contributed by atoms with Crippen molar-refractivity contribution in [2.75, 3.05) is 7.05 Å². The van der Waals surface area contributed by atoms with Crippen molar-refractivity contribution < 1.29 is 9.15 Å². The van der Waals surface area contributed by atoms with Crippen LogP contribution in [0, 0.1) is 0 Å². The number of ether oxygens (including phenoxy) is 1. The van der Waals surface area contributed by atoms with E-state index in [4.69, 9.17) is 9.15 Å². The molecule has 118 valence electrons. The van der Waals surface area contributed by atoms with E-state index < -0.39 is 0 Å². The third-order valence-corrected chi connectivity index (χ3v) is 4.58. The molecule has 3 heteroatoms. The highest BCUT2D eigenvalue weighted by Gasteiger charge is 2.17. The van der Waals surface area contributed by atoms with Gasteiger partial charge in [-0.3, -0.25) is 4.90 Å². The van der Waals surface area contributed by atoms with Crippen molar-refractivity contribution in [1.29, 1.82) is 0 Å². The van der Waals surface area contributed by atoms with Gasteiger partial charge in [0.2, 0.25) is 0 Å². The second-order valence-electron chi connectivity index (χ2n) is 6.27. The molecule has 1 fully saturated rings. The van der Waals surface area contributed by atoms with E-state index in [1.807, 2.05) is 12.1 Å². The number of rotatable bonds is 6. The zero-order valence-electron chi connectivity index (χ0n) is 13.5. The van der Waals surface area contributed by atoms with E-state index in [0.29, 0.717) is 6.10 Å². The van der Waals surface area contributed by atoms with Crippen molar-refractivity contribution in [3.05, 3.63) is 54.0 Å². The maximum Gasteiger partial charge on any atom is 0.120 e. The summed E-state index contributed by atoms with van der Waals surface area (Å²) in [6.45, 7) is 3.06. The first-order chi connectivity index (χ1) is 10.7. The topological polar surface area (TPSA) is 25.6 Å². The molecule has 1 atom stereocenters. The van der Waals surface area contributed by atoms with Crippen LogP contribution in [0.3, 0.4) is 0 Å². The van der Waals surface area contributed by atoms with Gasteiger partial charge in [-0.1, -0.05) is 12.1 Å². The second-order valence-corrected chi connectivity index (χ2v) is 6.27. The highest BCUT2D eigenvalue weighted by atomic mass is 16.5. The van der Waals surface area contributed by atoms with E-state index in [9.17, 15) is 0 Å². The van der Waals surface area contributed by atoms with E-state index in [2.05, 4.69) is 43.1 Å². The molecule has 0 N–H and O–H groups in total. The molecule has 0 saturated heterocycles.